The molecule has 0 aliphatic carbocycles. The number of hydrogen-bond acceptors (Lipinski definition) is 3. The molecule has 3 nitrogen and oxygen atoms in total. The summed E-state index contributed by atoms with van der Waals surface area (Å²) in [5, 5.41) is 2.28. The number of fused-ring (bicyclic) bond motifs is 3. The fourth-order valence-electron chi connectivity index (χ4n) is 7.23. The number of furan rings is 1. The van der Waals surface area contributed by atoms with Crippen molar-refractivity contribution < 1.29 is 4.42 Å². The first-order valence-corrected chi connectivity index (χ1v) is 18.8. The predicted octanol–water partition coefficient (Wildman–Crippen LogP) is 14.4. The summed E-state index contributed by atoms with van der Waals surface area (Å²) >= 11 is 0. The lowest BCUT2D eigenvalue weighted by Gasteiger charge is -2.11. The molecule has 0 unspecified atom stereocenters. The molecule has 0 amide bonds. The van der Waals surface area contributed by atoms with Crippen molar-refractivity contribution in [2.24, 2.45) is 0 Å². The predicted molar refractivity (Wildman–Crippen MR) is 235 cm³/mol. The van der Waals surface area contributed by atoms with E-state index in [-0.39, 0.29) is 0 Å². The van der Waals surface area contributed by atoms with Gasteiger partial charge in [-0.05, 0) is 63.6 Å². The Kier molecular flexibility index (Phi) is 9.32. The molecule has 56 heavy (non-hydrogen) atoms. The maximum Gasteiger partial charge on any atom is 0.160 e. The Bertz CT molecular complexity index is 2880. The maximum atomic E-state index is 6.30. The Labute approximate surface area is 327 Å². The first-order chi connectivity index (χ1) is 27.6. The molecule has 9 rings (SSSR count). The zero-order valence-corrected chi connectivity index (χ0v) is 31.1. The van der Waals surface area contributed by atoms with Crippen LogP contribution in [0.1, 0.15) is 18.2 Å². The van der Waals surface area contributed by atoms with Crippen molar-refractivity contribution in [3.63, 3.8) is 0 Å². The third-order valence-electron chi connectivity index (χ3n) is 10.3. The van der Waals surface area contributed by atoms with Gasteiger partial charge in [0.1, 0.15) is 11.2 Å². The lowest BCUT2D eigenvalue weighted by atomic mass is 9.97. The summed E-state index contributed by atoms with van der Waals surface area (Å²) in [5.74, 6) is 0.675. The smallest absolute Gasteiger partial charge is 0.160 e. The molecule has 2 aromatic heterocycles. The SMILES string of the molecule is C=C/C(=C\C=C(/C)c1ccccc1)c1cc(-c2ccc(-c3ccc(-c4ccc(-c5cccc6c5oc5ccccc56)cc4)cc3)cc2)nc(-c2ccccc2)n1. The fourth-order valence-corrected chi connectivity index (χ4v) is 7.23. The molecule has 0 aliphatic heterocycles. The van der Waals surface area contributed by atoms with Gasteiger partial charge in [-0.25, -0.2) is 9.97 Å². The van der Waals surface area contributed by atoms with Gasteiger partial charge in [0.25, 0.3) is 0 Å². The van der Waals surface area contributed by atoms with Crippen molar-refractivity contribution in [1.29, 1.82) is 0 Å². The third-order valence-corrected chi connectivity index (χ3v) is 10.3. The number of benzene rings is 7. The lowest BCUT2D eigenvalue weighted by molar-refractivity contribution is 0.670. The van der Waals surface area contributed by atoms with Crippen LogP contribution in [0.5, 0.6) is 0 Å². The maximum absolute atomic E-state index is 6.30. The number of allylic oxidation sites excluding steroid dienone is 5. The molecule has 0 radical (unpaired) electrons. The van der Waals surface area contributed by atoms with Crippen LogP contribution in [0.4, 0.5) is 0 Å². The van der Waals surface area contributed by atoms with E-state index in [0.717, 1.165) is 77.9 Å². The van der Waals surface area contributed by atoms with Gasteiger partial charge >= 0.3 is 0 Å². The summed E-state index contributed by atoms with van der Waals surface area (Å²) in [6.07, 6.45) is 6.06. The van der Waals surface area contributed by atoms with Crippen molar-refractivity contribution in [1.82, 2.24) is 9.97 Å². The van der Waals surface area contributed by atoms with Crippen molar-refractivity contribution in [3.05, 3.63) is 218 Å². The highest BCUT2D eigenvalue weighted by Gasteiger charge is 2.13. The molecule has 0 saturated carbocycles. The number of para-hydroxylation sites is 2. The summed E-state index contributed by atoms with van der Waals surface area (Å²) in [6.45, 7) is 6.25. The molecule has 2 heterocycles. The van der Waals surface area contributed by atoms with E-state index in [9.17, 15) is 0 Å². The molecule has 7 aromatic carbocycles. The normalized spacial score (nSPS) is 11.9. The summed E-state index contributed by atoms with van der Waals surface area (Å²) in [5.41, 5.74) is 15.6. The Morgan fingerprint density at radius 1 is 0.500 bits per heavy atom. The molecule has 3 heteroatoms. The third kappa shape index (κ3) is 6.90. The number of hydrogen-bond donors (Lipinski definition) is 0. The second kappa shape index (κ2) is 15.2. The van der Waals surface area contributed by atoms with Gasteiger partial charge in [-0.2, -0.15) is 0 Å². The van der Waals surface area contributed by atoms with Crippen LogP contribution in [0.2, 0.25) is 0 Å². The van der Waals surface area contributed by atoms with E-state index in [4.69, 9.17) is 14.4 Å². The van der Waals surface area contributed by atoms with Gasteiger partial charge in [0.05, 0.1) is 11.4 Å². The second-order valence-corrected chi connectivity index (χ2v) is 13.9. The van der Waals surface area contributed by atoms with Crippen LogP contribution >= 0.6 is 0 Å². The van der Waals surface area contributed by atoms with Crippen molar-refractivity contribution in [2.75, 3.05) is 0 Å². The molecule has 0 spiro atoms. The highest BCUT2D eigenvalue weighted by molar-refractivity contribution is 6.09. The zero-order valence-electron chi connectivity index (χ0n) is 31.1. The minimum Gasteiger partial charge on any atom is -0.455 e. The number of rotatable bonds is 9. The molecule has 266 valence electrons. The van der Waals surface area contributed by atoms with Crippen molar-refractivity contribution >= 4 is 33.1 Å². The molecule has 9 aromatic rings. The summed E-state index contributed by atoms with van der Waals surface area (Å²) in [7, 11) is 0. The highest BCUT2D eigenvalue weighted by Crippen LogP contribution is 2.37. The van der Waals surface area contributed by atoms with Crippen LogP contribution in [0.15, 0.2) is 211 Å². The highest BCUT2D eigenvalue weighted by atomic mass is 16.3. The average molecular weight is 719 g/mol. The minimum atomic E-state index is 0.675. The van der Waals surface area contributed by atoms with E-state index >= 15 is 0 Å². The second-order valence-electron chi connectivity index (χ2n) is 13.9. The number of nitrogens with zero attached hydrogens (tertiary/aromatic N) is 2. The molecule has 0 N–H and O–H groups in total. The summed E-state index contributed by atoms with van der Waals surface area (Å²) in [4.78, 5) is 10.0. The van der Waals surface area contributed by atoms with Gasteiger partial charge in [-0.15, -0.1) is 0 Å². The standard InChI is InChI=1S/C53H38N2O/c1-3-37(22-21-36(2)38-13-6-4-7-14-38)49-35-50(55-53(54-49)45-15-8-5-9-16-45)44-33-29-42(30-34-44)40-25-23-39(24-26-40)41-27-31-43(32-28-41)46-18-12-19-48-47-17-10-11-20-51(47)56-52(46)48/h3-35H,1H2,2H3/b36-21+,37-22+. The fraction of sp³-hybridized carbons (Fsp3) is 0.0189. The van der Waals surface area contributed by atoms with E-state index in [1.54, 1.807) is 0 Å². The first kappa shape index (κ1) is 34.4. The molecule has 0 aliphatic rings. The van der Waals surface area contributed by atoms with Gasteiger partial charge in [-0.1, -0.05) is 195 Å². The van der Waals surface area contributed by atoms with E-state index in [1.807, 2.05) is 54.6 Å². The zero-order chi connectivity index (χ0) is 37.8. The quantitative estimate of drug-likeness (QED) is 0.140. The Hall–Kier alpha value is -7.36. The average Bonchev–Trinajstić information content (AvgIpc) is 3.66. The van der Waals surface area contributed by atoms with Crippen LogP contribution in [-0.2, 0) is 0 Å². The molecule has 0 atom stereocenters. The van der Waals surface area contributed by atoms with Gasteiger partial charge in [-0.3, -0.25) is 0 Å². The van der Waals surface area contributed by atoms with Gasteiger partial charge < -0.3 is 4.42 Å². The number of aromatic nitrogens is 2. The van der Waals surface area contributed by atoms with Gasteiger partial charge in [0.2, 0.25) is 0 Å². The van der Waals surface area contributed by atoms with Gasteiger partial charge in [0, 0.05) is 27.5 Å². The van der Waals surface area contributed by atoms with Crippen molar-refractivity contribution in [2.45, 2.75) is 6.92 Å². The molecule has 0 saturated heterocycles. The largest absolute Gasteiger partial charge is 0.455 e. The van der Waals surface area contributed by atoms with E-state index in [1.165, 1.54) is 16.7 Å². The Balaban J connectivity index is 0.974. The monoisotopic (exact) mass is 718 g/mol. The molecule has 0 bridgehead atoms. The van der Waals surface area contributed by atoms with E-state index < -0.39 is 0 Å². The molecule has 0 fully saturated rings. The first-order valence-electron chi connectivity index (χ1n) is 18.8. The summed E-state index contributed by atoms with van der Waals surface area (Å²) < 4.78 is 6.30. The van der Waals surface area contributed by atoms with Crippen LogP contribution in [0, 0.1) is 0 Å². The minimum absolute atomic E-state index is 0.675. The lowest BCUT2D eigenvalue weighted by Crippen LogP contribution is -1.97. The topological polar surface area (TPSA) is 38.9 Å². The van der Waals surface area contributed by atoms with Gasteiger partial charge in [0.15, 0.2) is 5.82 Å². The Morgan fingerprint density at radius 3 is 1.70 bits per heavy atom. The Morgan fingerprint density at radius 2 is 1.05 bits per heavy atom. The molecular weight excluding hydrogens is 681 g/mol. The van der Waals surface area contributed by atoms with Crippen molar-refractivity contribution in [3.8, 4) is 56.0 Å². The van der Waals surface area contributed by atoms with Crippen LogP contribution < -0.4 is 0 Å². The molecular formula is C53H38N2O. The van der Waals surface area contributed by atoms with Crippen LogP contribution in [0.25, 0.3) is 89.1 Å². The van der Waals surface area contributed by atoms with E-state index in [2.05, 4.69) is 159 Å². The van der Waals surface area contributed by atoms with E-state index in [0.29, 0.717) is 5.82 Å². The summed E-state index contributed by atoms with van der Waals surface area (Å²) in [6, 6.07) is 63.3. The van der Waals surface area contributed by atoms with Crippen LogP contribution in [0.3, 0.4) is 0 Å². The van der Waals surface area contributed by atoms with Crippen LogP contribution in [-0.4, -0.2) is 9.97 Å².